The summed E-state index contributed by atoms with van der Waals surface area (Å²) in [5, 5.41) is 4.37. The molecule has 2 rings (SSSR count). The van der Waals surface area contributed by atoms with E-state index in [0.717, 1.165) is 17.2 Å². The van der Waals surface area contributed by atoms with Crippen LogP contribution in [-0.2, 0) is 0 Å². The topological polar surface area (TPSA) is 12.0 Å². The molecule has 2 aliphatic rings. The van der Waals surface area contributed by atoms with Gasteiger partial charge in [0, 0.05) is 17.0 Å². The summed E-state index contributed by atoms with van der Waals surface area (Å²) in [6, 6.07) is 0.836. The molecule has 0 aromatic carbocycles. The van der Waals surface area contributed by atoms with Gasteiger partial charge in [0.15, 0.2) is 0 Å². The molecule has 2 fully saturated rings. The Morgan fingerprint density at radius 2 is 2.00 bits per heavy atom. The minimum absolute atomic E-state index is 0.836. The SMILES string of the molecule is CNC1CSC1C1CCCC1. The molecule has 1 aliphatic heterocycles. The van der Waals surface area contributed by atoms with E-state index in [9.17, 15) is 0 Å². The van der Waals surface area contributed by atoms with Gasteiger partial charge in [0.05, 0.1) is 0 Å². The molecular formula is C9H17NS. The van der Waals surface area contributed by atoms with E-state index in [2.05, 4.69) is 24.1 Å². The summed E-state index contributed by atoms with van der Waals surface area (Å²) >= 11 is 2.17. The van der Waals surface area contributed by atoms with Crippen molar-refractivity contribution in [1.29, 1.82) is 0 Å². The van der Waals surface area contributed by atoms with Gasteiger partial charge in [-0.25, -0.2) is 0 Å². The van der Waals surface area contributed by atoms with Crippen LogP contribution in [0.2, 0.25) is 0 Å². The van der Waals surface area contributed by atoms with Crippen LogP contribution >= 0.6 is 11.8 Å². The maximum Gasteiger partial charge on any atom is 0.0276 e. The molecular weight excluding hydrogens is 154 g/mol. The summed E-state index contributed by atoms with van der Waals surface area (Å²) in [6.45, 7) is 0. The lowest BCUT2D eigenvalue weighted by molar-refractivity contribution is 0.420. The Labute approximate surface area is 73.3 Å². The molecule has 1 saturated heterocycles. The monoisotopic (exact) mass is 171 g/mol. The Morgan fingerprint density at radius 1 is 1.27 bits per heavy atom. The molecule has 11 heavy (non-hydrogen) atoms. The first-order valence-electron chi connectivity index (χ1n) is 4.70. The third-order valence-corrected chi connectivity index (χ3v) is 4.75. The second-order valence-corrected chi connectivity index (χ2v) is 4.95. The highest BCUT2D eigenvalue weighted by Gasteiger charge is 2.37. The molecule has 0 amide bonds. The number of hydrogen-bond acceptors (Lipinski definition) is 2. The normalized spacial score (nSPS) is 39.0. The predicted molar refractivity (Wildman–Crippen MR) is 51.1 cm³/mol. The second-order valence-electron chi connectivity index (χ2n) is 3.74. The minimum Gasteiger partial charge on any atom is -0.315 e. The molecule has 2 atom stereocenters. The third kappa shape index (κ3) is 1.43. The third-order valence-electron chi connectivity index (χ3n) is 3.10. The van der Waals surface area contributed by atoms with Crippen molar-refractivity contribution in [2.45, 2.75) is 37.0 Å². The molecule has 1 nitrogen and oxygen atoms in total. The predicted octanol–water partition coefficient (Wildman–Crippen LogP) is 1.88. The van der Waals surface area contributed by atoms with Gasteiger partial charge >= 0.3 is 0 Å². The fraction of sp³-hybridized carbons (Fsp3) is 1.00. The molecule has 2 unspecified atom stereocenters. The van der Waals surface area contributed by atoms with Gasteiger partial charge in [0.1, 0.15) is 0 Å². The average Bonchev–Trinajstić information content (AvgIpc) is 2.39. The summed E-state index contributed by atoms with van der Waals surface area (Å²) in [7, 11) is 2.10. The van der Waals surface area contributed by atoms with E-state index < -0.39 is 0 Å². The van der Waals surface area contributed by atoms with Gasteiger partial charge < -0.3 is 5.32 Å². The quantitative estimate of drug-likeness (QED) is 0.681. The molecule has 0 bridgehead atoms. The Bertz CT molecular complexity index is 130. The van der Waals surface area contributed by atoms with Crippen LogP contribution in [-0.4, -0.2) is 24.1 Å². The molecule has 1 aliphatic carbocycles. The van der Waals surface area contributed by atoms with E-state index in [-0.39, 0.29) is 0 Å². The first-order chi connectivity index (χ1) is 5.42. The fourth-order valence-corrected chi connectivity index (χ4v) is 3.76. The molecule has 0 aromatic rings. The molecule has 0 aromatic heterocycles. The van der Waals surface area contributed by atoms with E-state index in [1.54, 1.807) is 0 Å². The van der Waals surface area contributed by atoms with Crippen molar-refractivity contribution in [2.75, 3.05) is 12.8 Å². The van der Waals surface area contributed by atoms with Gasteiger partial charge in [-0.1, -0.05) is 12.8 Å². The second kappa shape index (κ2) is 3.36. The van der Waals surface area contributed by atoms with Crippen LogP contribution < -0.4 is 5.32 Å². The Hall–Kier alpha value is 0.310. The number of hydrogen-bond donors (Lipinski definition) is 1. The standard InChI is InChI=1S/C9H17NS/c1-10-8-6-11-9(8)7-4-2-3-5-7/h7-10H,2-6H2,1H3. The van der Waals surface area contributed by atoms with E-state index >= 15 is 0 Å². The van der Waals surface area contributed by atoms with Crippen LogP contribution in [0.4, 0.5) is 0 Å². The zero-order chi connectivity index (χ0) is 7.68. The number of thioether (sulfide) groups is 1. The average molecular weight is 171 g/mol. The Balaban J connectivity index is 1.84. The zero-order valence-corrected chi connectivity index (χ0v) is 7.99. The van der Waals surface area contributed by atoms with E-state index in [4.69, 9.17) is 0 Å². The van der Waals surface area contributed by atoms with Crippen molar-refractivity contribution < 1.29 is 0 Å². The number of nitrogens with one attached hydrogen (secondary N) is 1. The molecule has 1 heterocycles. The lowest BCUT2D eigenvalue weighted by Crippen LogP contribution is -2.49. The van der Waals surface area contributed by atoms with Crippen LogP contribution in [0.5, 0.6) is 0 Å². The first-order valence-corrected chi connectivity index (χ1v) is 5.75. The maximum atomic E-state index is 3.41. The Morgan fingerprint density at radius 3 is 2.45 bits per heavy atom. The zero-order valence-electron chi connectivity index (χ0n) is 7.18. The lowest BCUT2D eigenvalue weighted by atomic mass is 9.98. The lowest BCUT2D eigenvalue weighted by Gasteiger charge is -2.39. The minimum atomic E-state index is 0.836. The molecule has 1 saturated carbocycles. The van der Waals surface area contributed by atoms with Crippen molar-refractivity contribution >= 4 is 11.8 Å². The first kappa shape index (κ1) is 7.93. The van der Waals surface area contributed by atoms with Crippen molar-refractivity contribution in [1.82, 2.24) is 5.32 Å². The van der Waals surface area contributed by atoms with Gasteiger partial charge in [0.25, 0.3) is 0 Å². The summed E-state index contributed by atoms with van der Waals surface area (Å²) in [4.78, 5) is 0. The van der Waals surface area contributed by atoms with Crippen LogP contribution in [0.15, 0.2) is 0 Å². The van der Waals surface area contributed by atoms with Gasteiger partial charge in [-0.15, -0.1) is 0 Å². The van der Waals surface area contributed by atoms with Crippen molar-refractivity contribution in [3.05, 3.63) is 0 Å². The largest absolute Gasteiger partial charge is 0.315 e. The van der Waals surface area contributed by atoms with Crippen LogP contribution in [0.25, 0.3) is 0 Å². The van der Waals surface area contributed by atoms with Crippen LogP contribution in [0.3, 0.4) is 0 Å². The molecule has 0 radical (unpaired) electrons. The van der Waals surface area contributed by atoms with Gasteiger partial charge in [0.2, 0.25) is 0 Å². The summed E-state index contributed by atoms with van der Waals surface area (Å²) in [5.74, 6) is 2.39. The van der Waals surface area contributed by atoms with E-state index in [0.29, 0.717) is 0 Å². The molecule has 0 spiro atoms. The fourth-order valence-electron chi connectivity index (χ4n) is 2.30. The highest BCUT2D eigenvalue weighted by atomic mass is 32.2. The highest BCUT2D eigenvalue weighted by molar-refractivity contribution is 8.01. The highest BCUT2D eigenvalue weighted by Crippen LogP contribution is 2.41. The van der Waals surface area contributed by atoms with E-state index in [1.165, 1.54) is 31.4 Å². The van der Waals surface area contributed by atoms with Crippen LogP contribution in [0, 0.1) is 5.92 Å². The van der Waals surface area contributed by atoms with Gasteiger partial charge in [-0.2, -0.15) is 11.8 Å². The van der Waals surface area contributed by atoms with Crippen LogP contribution in [0.1, 0.15) is 25.7 Å². The summed E-state index contributed by atoms with van der Waals surface area (Å²) < 4.78 is 0. The van der Waals surface area contributed by atoms with Crippen molar-refractivity contribution in [3.8, 4) is 0 Å². The van der Waals surface area contributed by atoms with Gasteiger partial charge in [-0.05, 0) is 25.8 Å². The maximum absolute atomic E-state index is 3.41. The molecule has 1 N–H and O–H groups in total. The van der Waals surface area contributed by atoms with E-state index in [1.807, 2.05) is 0 Å². The summed E-state index contributed by atoms with van der Waals surface area (Å²) in [5.41, 5.74) is 0. The molecule has 64 valence electrons. The molecule has 2 heteroatoms. The van der Waals surface area contributed by atoms with Gasteiger partial charge in [-0.3, -0.25) is 0 Å². The number of rotatable bonds is 2. The van der Waals surface area contributed by atoms with Crippen molar-refractivity contribution in [2.24, 2.45) is 5.92 Å². The van der Waals surface area contributed by atoms with Crippen molar-refractivity contribution in [3.63, 3.8) is 0 Å². The summed E-state index contributed by atoms with van der Waals surface area (Å²) in [6.07, 6.45) is 5.96. The Kier molecular flexibility index (Phi) is 2.42. The smallest absolute Gasteiger partial charge is 0.0276 e.